The van der Waals surface area contributed by atoms with Crippen molar-refractivity contribution in [1.29, 1.82) is 0 Å². The highest BCUT2D eigenvalue weighted by Gasteiger charge is 2.23. The summed E-state index contributed by atoms with van der Waals surface area (Å²) in [5.74, 6) is -0.462. The molecule has 0 aliphatic rings. The molecule has 150 valence electrons. The largest absolute Gasteiger partial charge is 0.368 e. The Labute approximate surface area is 169 Å². The lowest BCUT2D eigenvalue weighted by molar-refractivity contribution is -0.127. The number of aryl methyl sites for hydroxylation is 3. The van der Waals surface area contributed by atoms with E-state index in [0.717, 1.165) is 22.6 Å². The molecule has 1 unspecified atom stereocenters. The number of carbonyl (C=O) groups is 2. The molecule has 0 aliphatic heterocycles. The summed E-state index contributed by atoms with van der Waals surface area (Å²) in [5.41, 5.74) is 10.1. The summed E-state index contributed by atoms with van der Waals surface area (Å²) in [4.78, 5) is 33.4. The standard InChI is InChI=1S/C21H24N6O2/c1-12-10-13(2)24-21(23-12)27-15(4)17(14(3)26-27)11-18(28)25-19(20(22)29)16-8-6-5-7-9-16/h5-10,19H,11H2,1-4H3,(H2,22,29)(H,25,28). The Balaban J connectivity index is 1.84. The van der Waals surface area contributed by atoms with Crippen LogP contribution in [0.5, 0.6) is 0 Å². The molecule has 8 nitrogen and oxygen atoms in total. The summed E-state index contributed by atoms with van der Waals surface area (Å²) >= 11 is 0. The van der Waals surface area contributed by atoms with Gasteiger partial charge in [0.25, 0.3) is 5.95 Å². The highest BCUT2D eigenvalue weighted by molar-refractivity contribution is 5.88. The minimum absolute atomic E-state index is 0.0685. The molecular weight excluding hydrogens is 368 g/mol. The number of primary amides is 1. The maximum Gasteiger partial charge on any atom is 0.251 e. The lowest BCUT2D eigenvalue weighted by Crippen LogP contribution is -2.38. The smallest absolute Gasteiger partial charge is 0.251 e. The van der Waals surface area contributed by atoms with Crippen LogP contribution in [0.2, 0.25) is 0 Å². The van der Waals surface area contributed by atoms with E-state index in [9.17, 15) is 9.59 Å². The fourth-order valence-corrected chi connectivity index (χ4v) is 3.26. The van der Waals surface area contributed by atoms with Crippen molar-refractivity contribution in [2.45, 2.75) is 40.2 Å². The normalized spacial score (nSPS) is 11.9. The molecule has 3 aromatic rings. The number of rotatable bonds is 6. The lowest BCUT2D eigenvalue weighted by atomic mass is 10.1. The van der Waals surface area contributed by atoms with Crippen LogP contribution in [0.15, 0.2) is 36.4 Å². The van der Waals surface area contributed by atoms with Crippen LogP contribution < -0.4 is 11.1 Å². The molecule has 0 bridgehead atoms. The van der Waals surface area contributed by atoms with Crippen molar-refractivity contribution in [3.05, 3.63) is 70.3 Å². The second-order valence-electron chi connectivity index (χ2n) is 7.00. The predicted octanol–water partition coefficient (Wildman–Crippen LogP) is 1.78. The molecule has 0 spiro atoms. The molecule has 2 amide bonds. The van der Waals surface area contributed by atoms with Gasteiger partial charge in [0, 0.05) is 22.6 Å². The highest BCUT2D eigenvalue weighted by Crippen LogP contribution is 2.18. The first-order chi connectivity index (χ1) is 13.8. The number of hydrogen-bond acceptors (Lipinski definition) is 5. The van der Waals surface area contributed by atoms with Crippen molar-refractivity contribution in [1.82, 2.24) is 25.1 Å². The molecule has 8 heteroatoms. The highest BCUT2D eigenvalue weighted by atomic mass is 16.2. The molecular formula is C21H24N6O2. The molecule has 29 heavy (non-hydrogen) atoms. The van der Waals surface area contributed by atoms with E-state index in [1.54, 1.807) is 28.9 Å². The zero-order chi connectivity index (χ0) is 21.1. The van der Waals surface area contributed by atoms with Crippen LogP contribution >= 0.6 is 0 Å². The van der Waals surface area contributed by atoms with Gasteiger partial charge in [0.15, 0.2) is 0 Å². The topological polar surface area (TPSA) is 116 Å². The minimum Gasteiger partial charge on any atom is -0.368 e. The minimum atomic E-state index is -0.887. The van der Waals surface area contributed by atoms with E-state index in [0.29, 0.717) is 17.2 Å². The molecule has 0 radical (unpaired) electrons. The number of nitrogens with zero attached hydrogens (tertiary/aromatic N) is 4. The van der Waals surface area contributed by atoms with Gasteiger partial charge in [-0.05, 0) is 39.3 Å². The molecule has 2 heterocycles. The second-order valence-corrected chi connectivity index (χ2v) is 7.00. The quantitative estimate of drug-likeness (QED) is 0.663. The molecule has 0 saturated carbocycles. The average molecular weight is 392 g/mol. The Morgan fingerprint density at radius 2 is 1.69 bits per heavy atom. The number of hydrogen-bond donors (Lipinski definition) is 2. The Morgan fingerprint density at radius 1 is 1.07 bits per heavy atom. The Hall–Kier alpha value is -3.55. The zero-order valence-corrected chi connectivity index (χ0v) is 16.9. The Morgan fingerprint density at radius 3 is 2.28 bits per heavy atom. The van der Waals surface area contributed by atoms with E-state index >= 15 is 0 Å². The van der Waals surface area contributed by atoms with Crippen LogP contribution in [0.3, 0.4) is 0 Å². The summed E-state index contributed by atoms with van der Waals surface area (Å²) in [5, 5.41) is 7.23. The van der Waals surface area contributed by atoms with Crippen LogP contribution in [-0.2, 0) is 16.0 Å². The van der Waals surface area contributed by atoms with E-state index in [4.69, 9.17) is 5.73 Å². The number of benzene rings is 1. The summed E-state index contributed by atoms with van der Waals surface area (Å²) in [6, 6.07) is 9.92. The van der Waals surface area contributed by atoms with Crippen molar-refractivity contribution < 1.29 is 9.59 Å². The number of amides is 2. The average Bonchev–Trinajstić information content (AvgIpc) is 2.94. The van der Waals surface area contributed by atoms with Gasteiger partial charge in [-0.25, -0.2) is 14.6 Å². The number of nitrogens with one attached hydrogen (secondary N) is 1. The van der Waals surface area contributed by atoms with Crippen molar-refractivity contribution in [2.75, 3.05) is 0 Å². The van der Waals surface area contributed by atoms with E-state index in [1.807, 2.05) is 39.8 Å². The first kappa shape index (κ1) is 20.2. The monoisotopic (exact) mass is 392 g/mol. The Kier molecular flexibility index (Phi) is 5.72. The maximum atomic E-state index is 12.7. The van der Waals surface area contributed by atoms with E-state index in [1.165, 1.54) is 0 Å². The SMILES string of the molecule is Cc1cc(C)nc(-n2nc(C)c(CC(=O)NC(C(N)=O)c3ccccc3)c2C)n1. The van der Waals surface area contributed by atoms with E-state index in [2.05, 4.69) is 20.4 Å². The van der Waals surface area contributed by atoms with Crippen molar-refractivity contribution >= 4 is 11.8 Å². The number of aromatic nitrogens is 4. The van der Waals surface area contributed by atoms with Crippen molar-refractivity contribution in [2.24, 2.45) is 5.73 Å². The van der Waals surface area contributed by atoms with Gasteiger partial charge in [-0.1, -0.05) is 30.3 Å². The molecule has 1 aromatic carbocycles. The van der Waals surface area contributed by atoms with Crippen molar-refractivity contribution in [3.63, 3.8) is 0 Å². The van der Waals surface area contributed by atoms with E-state index in [-0.39, 0.29) is 12.3 Å². The van der Waals surface area contributed by atoms with Crippen LogP contribution in [-0.4, -0.2) is 31.6 Å². The summed E-state index contributed by atoms with van der Waals surface area (Å²) in [7, 11) is 0. The van der Waals surface area contributed by atoms with Gasteiger partial charge in [0.1, 0.15) is 6.04 Å². The summed E-state index contributed by atoms with van der Waals surface area (Å²) in [6.07, 6.45) is 0.0685. The van der Waals surface area contributed by atoms with Gasteiger partial charge in [-0.3, -0.25) is 9.59 Å². The summed E-state index contributed by atoms with van der Waals surface area (Å²) < 4.78 is 1.64. The third kappa shape index (κ3) is 4.48. The van der Waals surface area contributed by atoms with Crippen LogP contribution in [0.1, 0.15) is 39.9 Å². The van der Waals surface area contributed by atoms with Crippen LogP contribution in [0.4, 0.5) is 0 Å². The number of carbonyl (C=O) groups excluding carboxylic acids is 2. The zero-order valence-electron chi connectivity index (χ0n) is 16.9. The molecule has 0 aliphatic carbocycles. The molecule has 1 atom stereocenters. The van der Waals surface area contributed by atoms with Gasteiger partial charge >= 0.3 is 0 Å². The molecule has 2 aromatic heterocycles. The molecule has 0 saturated heterocycles. The maximum absolute atomic E-state index is 12.7. The van der Waals surface area contributed by atoms with Gasteiger partial charge in [-0.15, -0.1) is 0 Å². The van der Waals surface area contributed by atoms with E-state index < -0.39 is 11.9 Å². The lowest BCUT2D eigenvalue weighted by Gasteiger charge is -2.16. The second kappa shape index (κ2) is 8.22. The fourth-order valence-electron chi connectivity index (χ4n) is 3.26. The van der Waals surface area contributed by atoms with Gasteiger partial charge in [-0.2, -0.15) is 5.10 Å². The van der Waals surface area contributed by atoms with Crippen LogP contribution in [0.25, 0.3) is 5.95 Å². The predicted molar refractivity (Wildman–Crippen MR) is 108 cm³/mol. The fraction of sp³-hybridized carbons (Fsp3) is 0.286. The van der Waals surface area contributed by atoms with Crippen LogP contribution in [0, 0.1) is 27.7 Å². The molecule has 3 N–H and O–H groups in total. The van der Waals surface area contributed by atoms with Gasteiger partial charge < -0.3 is 11.1 Å². The number of nitrogens with two attached hydrogens (primary N) is 1. The van der Waals surface area contributed by atoms with Gasteiger partial charge in [0.2, 0.25) is 11.8 Å². The third-order valence-corrected chi connectivity index (χ3v) is 4.66. The third-order valence-electron chi connectivity index (χ3n) is 4.66. The Bertz CT molecular complexity index is 1040. The first-order valence-electron chi connectivity index (χ1n) is 9.27. The molecule has 0 fully saturated rings. The van der Waals surface area contributed by atoms with Crippen molar-refractivity contribution in [3.8, 4) is 5.95 Å². The first-order valence-corrected chi connectivity index (χ1v) is 9.27. The molecule has 3 rings (SSSR count). The van der Waals surface area contributed by atoms with Gasteiger partial charge in [0.05, 0.1) is 12.1 Å². The summed E-state index contributed by atoms with van der Waals surface area (Å²) in [6.45, 7) is 7.49.